The number of nitrogens with one attached hydrogen (secondary N) is 1. The summed E-state index contributed by atoms with van der Waals surface area (Å²) in [5.74, 6) is -0.298. The van der Waals surface area contributed by atoms with Crippen LogP contribution in [0.3, 0.4) is 0 Å². The number of hydrogen-bond donors (Lipinski definition) is 1. The molecule has 0 spiro atoms. The zero-order valence-corrected chi connectivity index (χ0v) is 9.29. The Morgan fingerprint density at radius 3 is 2.71 bits per heavy atom. The van der Waals surface area contributed by atoms with Crippen LogP contribution in [0.25, 0.3) is 21.5 Å². The second kappa shape index (κ2) is 3.74. The lowest BCUT2D eigenvalue weighted by molar-refractivity contribution is 0.628. The van der Waals surface area contributed by atoms with Gasteiger partial charge in [-0.25, -0.2) is 9.37 Å². The molecule has 0 fully saturated rings. The summed E-state index contributed by atoms with van der Waals surface area (Å²) in [6.07, 6.45) is 1.34. The van der Waals surface area contributed by atoms with E-state index < -0.39 is 0 Å². The number of hydrogen-bond acceptors (Lipinski definition) is 4. The Morgan fingerprint density at radius 2 is 1.94 bits per heavy atom. The molecule has 1 aromatic carbocycles. The quantitative estimate of drug-likeness (QED) is 0.717. The topological polar surface area (TPSA) is 58.6 Å². The lowest BCUT2D eigenvalue weighted by Crippen LogP contribution is -2.05. The number of fused-ring (bicyclic) bond motifs is 1. The van der Waals surface area contributed by atoms with Crippen LogP contribution in [0, 0.1) is 5.82 Å². The third-order valence-corrected chi connectivity index (χ3v) is 3.26. The van der Waals surface area contributed by atoms with E-state index in [9.17, 15) is 9.18 Å². The lowest BCUT2D eigenvalue weighted by Gasteiger charge is -1.96. The third-order valence-electron chi connectivity index (χ3n) is 2.38. The molecule has 2 heterocycles. The van der Waals surface area contributed by atoms with Crippen molar-refractivity contribution in [3.8, 4) is 10.4 Å². The molecule has 84 valence electrons. The zero-order chi connectivity index (χ0) is 11.8. The van der Waals surface area contributed by atoms with Crippen molar-refractivity contribution in [1.82, 2.24) is 14.3 Å². The van der Waals surface area contributed by atoms with Crippen molar-refractivity contribution >= 4 is 22.6 Å². The zero-order valence-electron chi connectivity index (χ0n) is 8.48. The molecular weight excluding hydrogens is 241 g/mol. The van der Waals surface area contributed by atoms with Crippen LogP contribution in [0.2, 0.25) is 0 Å². The number of nitrogens with zero attached hydrogens (tertiary/aromatic N) is 2. The maximum absolute atomic E-state index is 12.8. The summed E-state index contributed by atoms with van der Waals surface area (Å²) in [7, 11) is 0. The lowest BCUT2D eigenvalue weighted by atomic mass is 10.1. The Balaban J connectivity index is 2.28. The van der Waals surface area contributed by atoms with Gasteiger partial charge in [0.15, 0.2) is 5.52 Å². The highest BCUT2D eigenvalue weighted by atomic mass is 32.1. The normalized spacial score (nSPS) is 10.9. The molecule has 0 saturated heterocycles. The Morgan fingerprint density at radius 1 is 1.18 bits per heavy atom. The van der Waals surface area contributed by atoms with Gasteiger partial charge in [0.2, 0.25) is 0 Å². The molecule has 0 aliphatic carbocycles. The predicted octanol–water partition coefficient (Wildman–Crippen LogP) is 2.19. The van der Waals surface area contributed by atoms with Crippen molar-refractivity contribution in [2.45, 2.75) is 0 Å². The van der Waals surface area contributed by atoms with Crippen LogP contribution < -0.4 is 5.56 Å². The Bertz CT molecular complexity index is 732. The van der Waals surface area contributed by atoms with E-state index in [1.807, 2.05) is 0 Å². The Hall–Kier alpha value is -2.08. The van der Waals surface area contributed by atoms with Gasteiger partial charge in [-0.1, -0.05) is 12.1 Å². The highest BCUT2D eigenvalue weighted by molar-refractivity contribution is 7.11. The summed E-state index contributed by atoms with van der Waals surface area (Å²) in [6.45, 7) is 0. The van der Waals surface area contributed by atoms with Gasteiger partial charge in [-0.05, 0) is 29.2 Å². The smallest absolute Gasteiger partial charge is 0.278 e. The molecule has 0 aliphatic heterocycles. The van der Waals surface area contributed by atoms with Gasteiger partial charge in [-0.3, -0.25) is 4.79 Å². The molecule has 0 radical (unpaired) electrons. The van der Waals surface area contributed by atoms with E-state index in [2.05, 4.69) is 14.3 Å². The number of aromatic nitrogens is 3. The van der Waals surface area contributed by atoms with Crippen molar-refractivity contribution in [3.63, 3.8) is 0 Å². The van der Waals surface area contributed by atoms with E-state index >= 15 is 0 Å². The van der Waals surface area contributed by atoms with Crippen molar-refractivity contribution in [2.24, 2.45) is 0 Å². The molecule has 0 saturated carbocycles. The number of halogens is 1. The number of benzene rings is 1. The van der Waals surface area contributed by atoms with Gasteiger partial charge >= 0.3 is 0 Å². The fourth-order valence-electron chi connectivity index (χ4n) is 1.57. The largest absolute Gasteiger partial charge is 0.311 e. The van der Waals surface area contributed by atoms with E-state index in [0.29, 0.717) is 11.0 Å². The van der Waals surface area contributed by atoms with E-state index in [-0.39, 0.29) is 11.4 Å². The first kappa shape index (κ1) is 10.1. The average Bonchev–Trinajstić information content (AvgIpc) is 2.75. The minimum absolute atomic E-state index is 0.264. The predicted molar refractivity (Wildman–Crippen MR) is 63.4 cm³/mol. The van der Waals surface area contributed by atoms with Gasteiger partial charge in [0.1, 0.15) is 11.3 Å². The molecule has 3 aromatic rings. The third kappa shape index (κ3) is 1.62. The maximum atomic E-state index is 12.8. The second-order valence-electron chi connectivity index (χ2n) is 3.45. The summed E-state index contributed by atoms with van der Waals surface area (Å²) >= 11 is 1.18. The minimum Gasteiger partial charge on any atom is -0.311 e. The van der Waals surface area contributed by atoms with Crippen LogP contribution in [0.4, 0.5) is 4.39 Å². The first-order valence-electron chi connectivity index (χ1n) is 4.85. The van der Waals surface area contributed by atoms with Crippen LogP contribution in [-0.4, -0.2) is 14.3 Å². The highest BCUT2D eigenvalue weighted by Crippen LogP contribution is 2.29. The first-order chi connectivity index (χ1) is 8.25. The second-order valence-corrected chi connectivity index (χ2v) is 4.22. The van der Waals surface area contributed by atoms with Gasteiger partial charge in [-0.2, -0.15) is 4.37 Å². The van der Waals surface area contributed by atoms with E-state index in [1.54, 1.807) is 12.1 Å². The van der Waals surface area contributed by atoms with E-state index in [1.165, 1.54) is 30.0 Å². The molecule has 4 nitrogen and oxygen atoms in total. The molecule has 3 rings (SSSR count). The summed E-state index contributed by atoms with van der Waals surface area (Å²) in [5.41, 5.74) is 1.40. The van der Waals surface area contributed by atoms with E-state index in [0.717, 1.165) is 10.4 Å². The van der Waals surface area contributed by atoms with E-state index in [4.69, 9.17) is 0 Å². The summed E-state index contributed by atoms with van der Waals surface area (Å²) < 4.78 is 16.9. The Kier molecular flexibility index (Phi) is 2.22. The van der Waals surface area contributed by atoms with Gasteiger partial charge in [0.25, 0.3) is 5.56 Å². The van der Waals surface area contributed by atoms with Crippen molar-refractivity contribution in [2.75, 3.05) is 0 Å². The summed E-state index contributed by atoms with van der Waals surface area (Å²) in [6, 6.07) is 6.03. The molecule has 6 heteroatoms. The molecule has 2 aromatic heterocycles. The standard InChI is InChI=1S/C11H6FN3OS/c12-7-3-1-6(2-4-7)10-8-9(15-17-10)11(16)14-5-13-8/h1-5H,(H,13,14,16). The molecule has 0 unspecified atom stereocenters. The molecule has 0 amide bonds. The fraction of sp³-hybridized carbons (Fsp3) is 0. The molecule has 0 bridgehead atoms. The number of aromatic amines is 1. The first-order valence-corrected chi connectivity index (χ1v) is 5.62. The highest BCUT2D eigenvalue weighted by Gasteiger charge is 2.11. The van der Waals surface area contributed by atoms with Crippen LogP contribution in [0.1, 0.15) is 0 Å². The van der Waals surface area contributed by atoms with Crippen LogP contribution in [0.5, 0.6) is 0 Å². The van der Waals surface area contributed by atoms with Gasteiger partial charge in [0, 0.05) is 0 Å². The van der Waals surface area contributed by atoms with Crippen molar-refractivity contribution < 1.29 is 4.39 Å². The molecule has 0 aliphatic rings. The van der Waals surface area contributed by atoms with Gasteiger partial charge < -0.3 is 4.98 Å². The van der Waals surface area contributed by atoms with Gasteiger partial charge in [0.05, 0.1) is 11.2 Å². The molecular formula is C11H6FN3OS. The SMILES string of the molecule is O=c1[nH]cnc2c(-c3ccc(F)cc3)snc12. The summed E-state index contributed by atoms with van der Waals surface area (Å²) in [5, 5.41) is 0. The van der Waals surface area contributed by atoms with Gasteiger partial charge in [-0.15, -0.1) is 0 Å². The fourth-order valence-corrected chi connectivity index (χ4v) is 2.40. The monoisotopic (exact) mass is 247 g/mol. The average molecular weight is 247 g/mol. The van der Waals surface area contributed by atoms with Crippen LogP contribution >= 0.6 is 11.5 Å². The maximum Gasteiger partial charge on any atom is 0.278 e. The molecule has 1 N–H and O–H groups in total. The number of H-pyrrole nitrogens is 1. The Labute approximate surface area is 98.9 Å². The number of rotatable bonds is 1. The summed E-state index contributed by atoms with van der Waals surface area (Å²) in [4.78, 5) is 18.8. The van der Waals surface area contributed by atoms with Crippen LogP contribution in [0.15, 0.2) is 35.4 Å². The van der Waals surface area contributed by atoms with Crippen LogP contribution in [-0.2, 0) is 0 Å². The van der Waals surface area contributed by atoms with Crippen molar-refractivity contribution in [3.05, 3.63) is 46.8 Å². The molecule has 17 heavy (non-hydrogen) atoms. The van der Waals surface area contributed by atoms with Crippen molar-refractivity contribution in [1.29, 1.82) is 0 Å². The molecule has 0 atom stereocenters. The minimum atomic E-state index is -0.298.